The van der Waals surface area contributed by atoms with E-state index in [1.807, 2.05) is 0 Å². The Morgan fingerprint density at radius 2 is 1.89 bits per heavy atom. The lowest BCUT2D eigenvalue weighted by Crippen LogP contribution is -2.29. The second kappa shape index (κ2) is 8.20. The van der Waals surface area contributed by atoms with Crippen LogP contribution in [0.3, 0.4) is 0 Å². The number of hydrogen-bond acceptors (Lipinski definition) is 5. The number of hydrogen-bond donors (Lipinski definition) is 1. The van der Waals surface area contributed by atoms with Crippen molar-refractivity contribution in [3.05, 3.63) is 85.1 Å². The molecule has 1 amide bonds. The van der Waals surface area contributed by atoms with Gasteiger partial charge in [0.15, 0.2) is 0 Å². The van der Waals surface area contributed by atoms with E-state index in [0.29, 0.717) is 16.9 Å². The van der Waals surface area contributed by atoms with Crippen LogP contribution in [0.2, 0.25) is 10.0 Å². The first-order valence-corrected chi connectivity index (χ1v) is 8.67. The molecule has 0 saturated heterocycles. The number of nitro benzene ring substituents is 1. The summed E-state index contributed by atoms with van der Waals surface area (Å²) in [6.07, 6.45) is 0. The fourth-order valence-electron chi connectivity index (χ4n) is 2.42. The Bertz CT molecular complexity index is 1130. The number of nitrogens with zero attached hydrogens (tertiary/aromatic N) is 3. The highest BCUT2D eigenvalue weighted by atomic mass is 35.5. The molecule has 1 heterocycles. The molecule has 2 aromatic carbocycles. The van der Waals surface area contributed by atoms with Crippen LogP contribution < -0.4 is 10.9 Å². The number of carbonyl (C=O) groups excluding carboxylic acids is 1. The molecule has 28 heavy (non-hydrogen) atoms. The van der Waals surface area contributed by atoms with Gasteiger partial charge in [0.25, 0.3) is 11.2 Å². The average molecular weight is 419 g/mol. The number of non-ortho nitro benzene ring substituents is 1. The average Bonchev–Trinajstić information content (AvgIpc) is 2.67. The minimum atomic E-state index is -0.532. The van der Waals surface area contributed by atoms with Gasteiger partial charge in [0, 0.05) is 23.8 Å². The molecule has 0 saturated carbocycles. The predicted octanol–water partition coefficient (Wildman–Crippen LogP) is 3.76. The molecule has 1 N–H and O–H groups in total. The van der Waals surface area contributed by atoms with Crippen molar-refractivity contribution in [3.8, 4) is 11.3 Å². The number of aromatic nitrogens is 2. The summed E-state index contributed by atoms with van der Waals surface area (Å²) < 4.78 is 0.960. The molecule has 0 unspecified atom stereocenters. The first-order valence-electron chi connectivity index (χ1n) is 7.92. The van der Waals surface area contributed by atoms with Crippen molar-refractivity contribution in [2.24, 2.45) is 0 Å². The van der Waals surface area contributed by atoms with E-state index in [9.17, 15) is 19.7 Å². The number of nitro groups is 1. The fourth-order valence-corrected chi connectivity index (χ4v) is 2.77. The zero-order valence-corrected chi connectivity index (χ0v) is 15.6. The van der Waals surface area contributed by atoms with E-state index in [1.165, 1.54) is 30.3 Å². The van der Waals surface area contributed by atoms with Crippen LogP contribution in [0.1, 0.15) is 0 Å². The topological polar surface area (TPSA) is 107 Å². The number of nitrogens with one attached hydrogen (secondary N) is 1. The third-order valence-electron chi connectivity index (χ3n) is 3.74. The van der Waals surface area contributed by atoms with E-state index < -0.39 is 16.4 Å². The van der Waals surface area contributed by atoms with E-state index in [4.69, 9.17) is 23.2 Å². The summed E-state index contributed by atoms with van der Waals surface area (Å²) in [5.74, 6) is -0.532. The van der Waals surface area contributed by atoms with Gasteiger partial charge in [0.05, 0.1) is 26.3 Å². The number of anilines is 1. The van der Waals surface area contributed by atoms with Crippen LogP contribution in [0.25, 0.3) is 11.3 Å². The predicted molar refractivity (Wildman–Crippen MR) is 106 cm³/mol. The molecule has 1 aromatic heterocycles. The highest BCUT2D eigenvalue weighted by molar-refractivity contribution is 6.43. The maximum absolute atomic E-state index is 12.3. The summed E-state index contributed by atoms with van der Waals surface area (Å²) in [6, 6.07) is 13.3. The highest BCUT2D eigenvalue weighted by Gasteiger charge is 2.13. The number of benzene rings is 2. The van der Waals surface area contributed by atoms with Crippen molar-refractivity contribution in [2.45, 2.75) is 6.54 Å². The third kappa shape index (κ3) is 4.36. The minimum absolute atomic E-state index is 0.106. The maximum Gasteiger partial charge on any atom is 0.270 e. The summed E-state index contributed by atoms with van der Waals surface area (Å²) in [6.45, 7) is -0.371. The van der Waals surface area contributed by atoms with Crippen molar-refractivity contribution < 1.29 is 9.72 Å². The standard InChI is InChI=1S/C18H12Cl2N4O4/c19-13-5-2-6-15(18(13)20)21-16(25)10-23-17(26)8-7-14(22-23)11-3-1-4-12(9-11)24(27)28/h1-9H,10H2,(H,21,25). The largest absolute Gasteiger partial charge is 0.323 e. The fraction of sp³-hybridized carbons (Fsp3) is 0.0556. The lowest BCUT2D eigenvalue weighted by Gasteiger charge is -2.10. The van der Waals surface area contributed by atoms with Gasteiger partial charge in [0.2, 0.25) is 5.91 Å². The van der Waals surface area contributed by atoms with E-state index in [1.54, 1.807) is 24.3 Å². The molecule has 0 aliphatic rings. The quantitative estimate of drug-likeness (QED) is 0.501. The third-order valence-corrected chi connectivity index (χ3v) is 4.56. The lowest BCUT2D eigenvalue weighted by atomic mass is 10.1. The van der Waals surface area contributed by atoms with E-state index in [2.05, 4.69) is 10.4 Å². The van der Waals surface area contributed by atoms with Gasteiger partial charge in [-0.15, -0.1) is 0 Å². The first-order chi connectivity index (χ1) is 13.3. The number of halogens is 2. The van der Waals surface area contributed by atoms with Crippen molar-refractivity contribution in [1.29, 1.82) is 0 Å². The number of carbonyl (C=O) groups is 1. The van der Waals surface area contributed by atoms with Crippen LogP contribution >= 0.6 is 23.2 Å². The summed E-state index contributed by atoms with van der Waals surface area (Å²) in [4.78, 5) is 34.7. The van der Waals surface area contributed by atoms with Gasteiger partial charge < -0.3 is 5.32 Å². The van der Waals surface area contributed by atoms with Gasteiger partial charge in [-0.1, -0.05) is 41.4 Å². The minimum Gasteiger partial charge on any atom is -0.323 e. The van der Waals surface area contributed by atoms with Crippen molar-refractivity contribution in [1.82, 2.24) is 9.78 Å². The van der Waals surface area contributed by atoms with E-state index in [-0.39, 0.29) is 22.3 Å². The van der Waals surface area contributed by atoms with Gasteiger partial charge in [0.1, 0.15) is 6.54 Å². The van der Waals surface area contributed by atoms with Crippen LogP contribution in [-0.2, 0) is 11.3 Å². The lowest BCUT2D eigenvalue weighted by molar-refractivity contribution is -0.384. The second-order valence-corrected chi connectivity index (χ2v) is 6.46. The smallest absolute Gasteiger partial charge is 0.270 e. The summed E-state index contributed by atoms with van der Waals surface area (Å²) in [7, 11) is 0. The van der Waals surface area contributed by atoms with Crippen LogP contribution in [0, 0.1) is 10.1 Å². The molecule has 10 heteroatoms. The van der Waals surface area contributed by atoms with Crippen LogP contribution in [0.15, 0.2) is 59.4 Å². The van der Waals surface area contributed by atoms with Gasteiger partial charge in [-0.05, 0) is 18.2 Å². The van der Waals surface area contributed by atoms with Gasteiger partial charge in [-0.2, -0.15) is 5.10 Å². The molecule has 0 fully saturated rings. The molecule has 3 aromatic rings. The van der Waals surface area contributed by atoms with Gasteiger partial charge in [-0.25, -0.2) is 4.68 Å². The Kier molecular flexibility index (Phi) is 5.72. The number of rotatable bonds is 5. The van der Waals surface area contributed by atoms with Crippen molar-refractivity contribution in [3.63, 3.8) is 0 Å². The monoisotopic (exact) mass is 418 g/mol. The van der Waals surface area contributed by atoms with E-state index in [0.717, 1.165) is 4.68 Å². The molecule has 0 radical (unpaired) electrons. The molecular weight excluding hydrogens is 407 g/mol. The van der Waals surface area contributed by atoms with Gasteiger partial charge in [-0.3, -0.25) is 19.7 Å². The van der Waals surface area contributed by atoms with Crippen molar-refractivity contribution >= 4 is 40.5 Å². The Balaban J connectivity index is 1.85. The number of amides is 1. The zero-order chi connectivity index (χ0) is 20.3. The van der Waals surface area contributed by atoms with Crippen LogP contribution in [-0.4, -0.2) is 20.6 Å². The molecule has 8 nitrogen and oxygen atoms in total. The second-order valence-electron chi connectivity index (χ2n) is 5.67. The molecule has 0 bridgehead atoms. The highest BCUT2D eigenvalue weighted by Crippen LogP contribution is 2.29. The maximum atomic E-state index is 12.3. The van der Waals surface area contributed by atoms with Crippen LogP contribution in [0.4, 0.5) is 11.4 Å². The van der Waals surface area contributed by atoms with Crippen LogP contribution in [0.5, 0.6) is 0 Å². The normalized spacial score (nSPS) is 10.5. The van der Waals surface area contributed by atoms with Gasteiger partial charge >= 0.3 is 0 Å². The molecule has 0 atom stereocenters. The van der Waals surface area contributed by atoms with E-state index >= 15 is 0 Å². The first kappa shape index (κ1) is 19.5. The summed E-state index contributed by atoms with van der Waals surface area (Å²) in [5.41, 5.74) is 0.465. The molecule has 0 aliphatic heterocycles. The molecule has 0 aliphatic carbocycles. The molecular formula is C18H12Cl2N4O4. The Morgan fingerprint density at radius 3 is 2.64 bits per heavy atom. The SMILES string of the molecule is O=C(Cn1nc(-c2cccc([N+](=O)[O-])c2)ccc1=O)Nc1cccc(Cl)c1Cl. The summed E-state index contributed by atoms with van der Waals surface area (Å²) in [5, 5.41) is 18.1. The Morgan fingerprint density at radius 1 is 1.14 bits per heavy atom. The summed E-state index contributed by atoms with van der Waals surface area (Å²) >= 11 is 11.9. The Labute approximate surface area is 168 Å². The van der Waals surface area contributed by atoms with Crippen molar-refractivity contribution in [2.75, 3.05) is 5.32 Å². The molecule has 3 rings (SSSR count). The molecule has 0 spiro atoms. The zero-order valence-electron chi connectivity index (χ0n) is 14.1. The Hall–Kier alpha value is -3.23. The molecule has 142 valence electrons.